The molecule has 0 radical (unpaired) electrons. The minimum atomic E-state index is -4.39. The van der Waals surface area contributed by atoms with Crippen LogP contribution in [0, 0.1) is 5.92 Å². The number of carbonyl (C=O) groups is 1. The van der Waals surface area contributed by atoms with Gasteiger partial charge in [-0.05, 0) is 37.1 Å². The summed E-state index contributed by atoms with van der Waals surface area (Å²) in [4.78, 5) is 11.7. The Morgan fingerprint density at radius 3 is 2.52 bits per heavy atom. The minimum absolute atomic E-state index is 0.0684. The second-order valence-corrected chi connectivity index (χ2v) is 5.52. The first-order chi connectivity index (χ1) is 10.8. The van der Waals surface area contributed by atoms with E-state index in [2.05, 4.69) is 15.4 Å². The molecule has 3 N–H and O–H groups in total. The van der Waals surface area contributed by atoms with E-state index in [1.165, 1.54) is 24.3 Å². The van der Waals surface area contributed by atoms with Crippen LogP contribution in [0.1, 0.15) is 19.3 Å². The Labute approximate surface area is 131 Å². The molecule has 0 unspecified atom stereocenters. The van der Waals surface area contributed by atoms with Crippen LogP contribution in [0.25, 0.3) is 0 Å². The lowest BCUT2D eigenvalue weighted by Crippen LogP contribution is -2.35. The van der Waals surface area contributed by atoms with E-state index >= 15 is 0 Å². The van der Waals surface area contributed by atoms with Crippen LogP contribution in [-0.4, -0.2) is 36.6 Å². The second kappa shape index (κ2) is 7.54. The first-order valence-corrected chi connectivity index (χ1v) is 7.36. The summed E-state index contributed by atoms with van der Waals surface area (Å²) in [5.41, 5.74) is 0.439. The third-order valence-electron chi connectivity index (χ3n) is 3.66. The summed E-state index contributed by atoms with van der Waals surface area (Å²) in [5, 5.41) is 14.9. The second-order valence-electron chi connectivity index (χ2n) is 5.52. The standard InChI is InChI=1S/C15H19F3N2O3/c16-15(17,18)9-23-12-6-4-11(5-7-12)20-14(22)19-8-10-2-1-3-13(10)21/h4-7,10,13,21H,1-3,8-9H2,(H2,19,20,22)/t10-,13+/m1/s1. The molecular formula is C15H19F3N2O3. The first kappa shape index (κ1) is 17.4. The van der Waals surface area contributed by atoms with Crippen LogP contribution >= 0.6 is 0 Å². The third-order valence-corrected chi connectivity index (χ3v) is 3.66. The fourth-order valence-corrected chi connectivity index (χ4v) is 2.45. The minimum Gasteiger partial charge on any atom is -0.484 e. The molecule has 1 saturated carbocycles. The van der Waals surface area contributed by atoms with Gasteiger partial charge >= 0.3 is 12.2 Å². The number of aliphatic hydroxyl groups excluding tert-OH is 1. The average molecular weight is 332 g/mol. The largest absolute Gasteiger partial charge is 0.484 e. The Morgan fingerprint density at radius 2 is 1.96 bits per heavy atom. The lowest BCUT2D eigenvalue weighted by molar-refractivity contribution is -0.153. The van der Waals surface area contributed by atoms with Crippen LogP contribution in [0.4, 0.5) is 23.7 Å². The first-order valence-electron chi connectivity index (χ1n) is 7.36. The molecule has 1 fully saturated rings. The monoisotopic (exact) mass is 332 g/mol. The van der Waals surface area contributed by atoms with Gasteiger partial charge in [-0.25, -0.2) is 4.79 Å². The fourth-order valence-electron chi connectivity index (χ4n) is 2.45. The van der Waals surface area contributed by atoms with E-state index in [-0.39, 0.29) is 17.8 Å². The van der Waals surface area contributed by atoms with Crippen molar-refractivity contribution in [1.29, 1.82) is 0 Å². The highest BCUT2D eigenvalue weighted by atomic mass is 19.4. The van der Waals surface area contributed by atoms with Gasteiger partial charge in [0, 0.05) is 18.2 Å². The summed E-state index contributed by atoms with van der Waals surface area (Å²) in [5.74, 6) is 0.140. The SMILES string of the molecule is O=C(NC[C@H]1CCC[C@@H]1O)Nc1ccc(OCC(F)(F)F)cc1. The Kier molecular flexibility index (Phi) is 5.70. The van der Waals surface area contributed by atoms with Gasteiger partial charge in [-0.15, -0.1) is 0 Å². The molecule has 5 nitrogen and oxygen atoms in total. The summed E-state index contributed by atoms with van der Waals surface area (Å²) in [6.45, 7) is -0.968. The van der Waals surface area contributed by atoms with Crippen LogP contribution in [0.2, 0.25) is 0 Å². The zero-order chi connectivity index (χ0) is 16.9. The molecule has 0 saturated heterocycles. The number of carbonyl (C=O) groups excluding carboxylic acids is 1. The van der Waals surface area contributed by atoms with E-state index in [4.69, 9.17) is 0 Å². The summed E-state index contributed by atoms with van der Waals surface area (Å²) < 4.78 is 40.7. The molecular weight excluding hydrogens is 313 g/mol. The number of amides is 2. The van der Waals surface area contributed by atoms with Crippen LogP contribution in [-0.2, 0) is 0 Å². The number of alkyl halides is 3. The van der Waals surface area contributed by atoms with Crippen molar-refractivity contribution < 1.29 is 27.8 Å². The van der Waals surface area contributed by atoms with Crippen molar-refractivity contribution in [3.05, 3.63) is 24.3 Å². The third kappa shape index (κ3) is 5.97. The topological polar surface area (TPSA) is 70.6 Å². The van der Waals surface area contributed by atoms with Crippen molar-refractivity contribution in [2.45, 2.75) is 31.5 Å². The molecule has 0 bridgehead atoms. The molecule has 0 heterocycles. The lowest BCUT2D eigenvalue weighted by atomic mass is 10.1. The number of anilines is 1. The van der Waals surface area contributed by atoms with E-state index in [9.17, 15) is 23.1 Å². The molecule has 23 heavy (non-hydrogen) atoms. The number of halogens is 3. The van der Waals surface area contributed by atoms with Gasteiger partial charge in [0.05, 0.1) is 6.10 Å². The Morgan fingerprint density at radius 1 is 1.26 bits per heavy atom. The summed E-state index contributed by atoms with van der Waals surface area (Å²) in [6.07, 6.45) is -2.17. The average Bonchev–Trinajstić information content (AvgIpc) is 2.89. The fraction of sp³-hybridized carbons (Fsp3) is 0.533. The molecule has 2 amide bonds. The molecule has 8 heteroatoms. The molecule has 1 aliphatic rings. The van der Waals surface area contributed by atoms with E-state index in [1.54, 1.807) is 0 Å². The number of nitrogens with one attached hydrogen (secondary N) is 2. The molecule has 0 spiro atoms. The van der Waals surface area contributed by atoms with Gasteiger partial charge in [0.15, 0.2) is 6.61 Å². The Balaban J connectivity index is 1.75. The molecule has 1 aromatic carbocycles. The highest BCUT2D eigenvalue weighted by Gasteiger charge is 2.28. The smallest absolute Gasteiger partial charge is 0.422 e. The Hall–Kier alpha value is -1.96. The highest BCUT2D eigenvalue weighted by molar-refractivity contribution is 5.89. The quantitative estimate of drug-likeness (QED) is 0.776. The molecule has 1 aromatic rings. The number of benzene rings is 1. The normalized spacial score (nSPS) is 21.0. The van der Waals surface area contributed by atoms with Gasteiger partial charge in [0.1, 0.15) is 5.75 Å². The van der Waals surface area contributed by atoms with Gasteiger partial charge in [-0.3, -0.25) is 0 Å². The van der Waals surface area contributed by atoms with E-state index < -0.39 is 18.8 Å². The van der Waals surface area contributed by atoms with Crippen molar-refractivity contribution in [3.63, 3.8) is 0 Å². The maximum atomic E-state index is 12.0. The molecule has 128 valence electrons. The number of rotatable bonds is 5. The highest BCUT2D eigenvalue weighted by Crippen LogP contribution is 2.24. The number of aliphatic hydroxyl groups is 1. The van der Waals surface area contributed by atoms with Crippen molar-refractivity contribution in [1.82, 2.24) is 5.32 Å². The molecule has 1 aliphatic carbocycles. The van der Waals surface area contributed by atoms with Crippen LogP contribution < -0.4 is 15.4 Å². The maximum Gasteiger partial charge on any atom is 0.422 e. The van der Waals surface area contributed by atoms with Gasteiger partial charge in [0.25, 0.3) is 0 Å². The van der Waals surface area contributed by atoms with Crippen LogP contribution in [0.15, 0.2) is 24.3 Å². The summed E-state index contributed by atoms with van der Waals surface area (Å²) >= 11 is 0. The van der Waals surface area contributed by atoms with Crippen LogP contribution in [0.3, 0.4) is 0 Å². The van der Waals surface area contributed by atoms with Crippen molar-refractivity contribution in [3.8, 4) is 5.75 Å². The Bertz CT molecular complexity index is 520. The van der Waals surface area contributed by atoms with Crippen LogP contribution in [0.5, 0.6) is 5.75 Å². The van der Waals surface area contributed by atoms with Gasteiger partial charge in [-0.2, -0.15) is 13.2 Å². The molecule has 2 rings (SSSR count). The lowest BCUT2D eigenvalue weighted by Gasteiger charge is -2.15. The number of ether oxygens (including phenoxy) is 1. The summed E-state index contributed by atoms with van der Waals surface area (Å²) in [6, 6.07) is 5.18. The van der Waals surface area contributed by atoms with Crippen molar-refractivity contribution in [2.75, 3.05) is 18.5 Å². The van der Waals surface area contributed by atoms with Gasteiger partial charge < -0.3 is 20.5 Å². The number of hydrogen-bond acceptors (Lipinski definition) is 3. The van der Waals surface area contributed by atoms with Gasteiger partial charge in [0.2, 0.25) is 0 Å². The van der Waals surface area contributed by atoms with E-state index in [0.717, 1.165) is 19.3 Å². The number of hydrogen-bond donors (Lipinski definition) is 3. The number of urea groups is 1. The molecule has 2 atom stereocenters. The zero-order valence-electron chi connectivity index (χ0n) is 12.4. The van der Waals surface area contributed by atoms with E-state index in [1.807, 2.05) is 0 Å². The zero-order valence-corrected chi connectivity index (χ0v) is 12.4. The molecule has 0 aliphatic heterocycles. The van der Waals surface area contributed by atoms with Gasteiger partial charge in [-0.1, -0.05) is 6.42 Å². The predicted octanol–water partition coefficient (Wildman–Crippen LogP) is 2.91. The maximum absolute atomic E-state index is 12.0. The summed E-state index contributed by atoms with van der Waals surface area (Å²) in [7, 11) is 0. The predicted molar refractivity (Wildman–Crippen MR) is 78.4 cm³/mol. The van der Waals surface area contributed by atoms with Crippen molar-refractivity contribution in [2.24, 2.45) is 5.92 Å². The van der Waals surface area contributed by atoms with E-state index in [0.29, 0.717) is 12.2 Å². The molecule has 0 aromatic heterocycles. The van der Waals surface area contributed by atoms with Crippen molar-refractivity contribution >= 4 is 11.7 Å².